The molecule has 1 heterocycles. The van der Waals surface area contributed by atoms with Crippen LogP contribution in [0, 0.1) is 6.07 Å². The molecule has 97 valence electrons. The number of rotatable bonds is 2. The lowest BCUT2D eigenvalue weighted by atomic mass is 9.87. The second kappa shape index (κ2) is 5.22. The van der Waals surface area contributed by atoms with Gasteiger partial charge in [-0.1, -0.05) is 32.9 Å². The minimum Gasteiger partial charge on any atom is -0.404 e. The van der Waals surface area contributed by atoms with E-state index < -0.39 is 5.97 Å². The summed E-state index contributed by atoms with van der Waals surface area (Å²) in [6.07, 6.45) is 1.53. The molecule has 1 radical (unpaired) electrons. The Bertz CT molecular complexity index is 554. The number of esters is 1. The molecular weight excluding hydrogens is 238 g/mol. The van der Waals surface area contributed by atoms with E-state index in [1.54, 1.807) is 18.2 Å². The van der Waals surface area contributed by atoms with Gasteiger partial charge in [-0.15, -0.1) is 0 Å². The zero-order valence-corrected chi connectivity index (χ0v) is 11.3. The van der Waals surface area contributed by atoms with Crippen LogP contribution in [0.2, 0.25) is 0 Å². The quantitative estimate of drug-likeness (QED) is 0.771. The fourth-order valence-electron chi connectivity index (χ4n) is 1.63. The van der Waals surface area contributed by atoms with E-state index in [1.165, 1.54) is 17.8 Å². The van der Waals surface area contributed by atoms with Crippen LogP contribution in [0.25, 0.3) is 0 Å². The average molecular weight is 254 g/mol. The van der Waals surface area contributed by atoms with Gasteiger partial charge in [0.05, 0.1) is 5.56 Å². The van der Waals surface area contributed by atoms with E-state index >= 15 is 0 Å². The molecule has 0 unspecified atom stereocenters. The summed E-state index contributed by atoms with van der Waals surface area (Å²) in [5, 5.41) is 0. The zero-order chi connectivity index (χ0) is 13.9. The molecule has 0 atom stereocenters. The van der Waals surface area contributed by atoms with Crippen LogP contribution in [0.5, 0.6) is 5.88 Å². The number of carbonyl (C=O) groups excluding carboxylic acids is 1. The van der Waals surface area contributed by atoms with E-state index in [9.17, 15) is 4.79 Å². The number of hydrogen-bond donors (Lipinski definition) is 0. The molecule has 0 amide bonds. The fraction of sp³-hybridized carbons (Fsp3) is 0.250. The third-order valence-corrected chi connectivity index (χ3v) is 2.76. The van der Waals surface area contributed by atoms with Crippen molar-refractivity contribution >= 4 is 5.97 Å². The normalized spacial score (nSPS) is 11.1. The van der Waals surface area contributed by atoms with Gasteiger partial charge in [0.25, 0.3) is 0 Å². The van der Waals surface area contributed by atoms with Crippen molar-refractivity contribution in [2.45, 2.75) is 26.2 Å². The molecule has 0 N–H and O–H groups in total. The fourth-order valence-corrected chi connectivity index (χ4v) is 1.63. The largest absolute Gasteiger partial charge is 0.404 e. The first-order chi connectivity index (χ1) is 8.97. The van der Waals surface area contributed by atoms with Gasteiger partial charge in [0.1, 0.15) is 0 Å². The minimum atomic E-state index is -0.410. The van der Waals surface area contributed by atoms with Gasteiger partial charge >= 0.3 is 5.97 Å². The maximum absolute atomic E-state index is 11.9. The SMILES string of the molecule is CC(C)(C)c1ccc(C(=O)Oc2c[c]ccn2)cc1. The van der Waals surface area contributed by atoms with E-state index in [1.807, 2.05) is 12.1 Å². The molecule has 0 spiro atoms. The van der Waals surface area contributed by atoms with Crippen molar-refractivity contribution in [1.29, 1.82) is 0 Å². The summed E-state index contributed by atoms with van der Waals surface area (Å²) >= 11 is 0. The molecule has 1 aromatic heterocycles. The van der Waals surface area contributed by atoms with Crippen LogP contribution in [-0.2, 0) is 5.41 Å². The number of carbonyl (C=O) groups is 1. The number of benzene rings is 1. The highest BCUT2D eigenvalue weighted by atomic mass is 16.5. The highest BCUT2D eigenvalue weighted by Gasteiger charge is 2.15. The van der Waals surface area contributed by atoms with Crippen LogP contribution in [0.4, 0.5) is 0 Å². The first kappa shape index (κ1) is 13.3. The standard InChI is InChI=1S/C16H16NO2/c1-16(2,3)13-9-7-12(8-10-13)15(18)19-14-6-4-5-11-17-14/h5-11H,1-3H3. The number of pyridine rings is 1. The van der Waals surface area contributed by atoms with E-state index in [4.69, 9.17) is 4.74 Å². The molecule has 0 saturated carbocycles. The first-order valence-corrected chi connectivity index (χ1v) is 6.11. The Labute approximate surface area is 113 Å². The predicted octanol–water partition coefficient (Wildman–Crippen LogP) is 3.40. The summed E-state index contributed by atoms with van der Waals surface area (Å²) in [6.45, 7) is 6.39. The third-order valence-electron chi connectivity index (χ3n) is 2.76. The summed E-state index contributed by atoms with van der Waals surface area (Å²) in [7, 11) is 0. The van der Waals surface area contributed by atoms with Crippen LogP contribution < -0.4 is 4.74 Å². The van der Waals surface area contributed by atoms with Gasteiger partial charge in [-0.2, -0.15) is 0 Å². The maximum Gasteiger partial charge on any atom is 0.344 e. The lowest BCUT2D eigenvalue weighted by Gasteiger charge is -2.18. The van der Waals surface area contributed by atoms with Gasteiger partial charge in [-0.3, -0.25) is 0 Å². The number of ether oxygens (including phenoxy) is 1. The Hall–Kier alpha value is -2.16. The Morgan fingerprint density at radius 1 is 1.21 bits per heavy atom. The van der Waals surface area contributed by atoms with Gasteiger partial charge in [0.2, 0.25) is 5.88 Å². The van der Waals surface area contributed by atoms with Crippen molar-refractivity contribution in [3.63, 3.8) is 0 Å². The Morgan fingerprint density at radius 3 is 2.42 bits per heavy atom. The van der Waals surface area contributed by atoms with E-state index in [2.05, 4.69) is 31.8 Å². The molecule has 0 fully saturated rings. The number of hydrogen-bond acceptors (Lipinski definition) is 3. The molecule has 2 rings (SSSR count). The van der Waals surface area contributed by atoms with Crippen LogP contribution in [0.15, 0.2) is 42.6 Å². The second-order valence-electron chi connectivity index (χ2n) is 5.31. The van der Waals surface area contributed by atoms with Crippen LogP contribution in [0.1, 0.15) is 36.7 Å². The van der Waals surface area contributed by atoms with Crippen molar-refractivity contribution in [3.8, 4) is 5.88 Å². The van der Waals surface area contributed by atoms with Crippen molar-refractivity contribution in [3.05, 3.63) is 59.8 Å². The zero-order valence-electron chi connectivity index (χ0n) is 11.3. The van der Waals surface area contributed by atoms with Gasteiger partial charge in [-0.05, 0) is 35.2 Å². The molecule has 1 aromatic carbocycles. The first-order valence-electron chi connectivity index (χ1n) is 6.11. The lowest BCUT2D eigenvalue weighted by Crippen LogP contribution is -2.13. The molecule has 0 saturated heterocycles. The van der Waals surface area contributed by atoms with E-state index in [0.29, 0.717) is 5.56 Å². The van der Waals surface area contributed by atoms with Crippen LogP contribution >= 0.6 is 0 Å². The smallest absolute Gasteiger partial charge is 0.344 e. The number of nitrogens with zero attached hydrogens (tertiary/aromatic N) is 1. The summed E-state index contributed by atoms with van der Waals surface area (Å²) < 4.78 is 5.14. The van der Waals surface area contributed by atoms with Crippen molar-refractivity contribution in [1.82, 2.24) is 4.98 Å². The molecule has 3 nitrogen and oxygen atoms in total. The molecular formula is C16H16NO2. The summed E-state index contributed by atoms with van der Waals surface area (Å²) in [5.41, 5.74) is 1.76. The molecule has 0 bridgehead atoms. The highest BCUT2D eigenvalue weighted by Crippen LogP contribution is 2.22. The molecule has 19 heavy (non-hydrogen) atoms. The predicted molar refractivity (Wildman–Crippen MR) is 73.2 cm³/mol. The summed E-state index contributed by atoms with van der Waals surface area (Å²) in [6, 6.07) is 13.4. The Balaban J connectivity index is 2.12. The average Bonchev–Trinajstić information content (AvgIpc) is 2.39. The van der Waals surface area contributed by atoms with Crippen molar-refractivity contribution in [2.24, 2.45) is 0 Å². The molecule has 0 aliphatic carbocycles. The molecule has 0 aliphatic heterocycles. The Kier molecular flexibility index (Phi) is 3.65. The summed E-state index contributed by atoms with van der Waals surface area (Å²) in [5.74, 6) is -0.153. The molecule has 0 aliphatic rings. The van der Waals surface area contributed by atoms with Crippen molar-refractivity contribution in [2.75, 3.05) is 0 Å². The van der Waals surface area contributed by atoms with Gasteiger partial charge in [0, 0.05) is 12.3 Å². The van der Waals surface area contributed by atoms with Crippen LogP contribution in [-0.4, -0.2) is 11.0 Å². The number of aromatic nitrogens is 1. The highest BCUT2D eigenvalue weighted by molar-refractivity contribution is 5.90. The molecule has 2 aromatic rings. The van der Waals surface area contributed by atoms with Crippen LogP contribution in [0.3, 0.4) is 0 Å². The third kappa shape index (κ3) is 3.41. The van der Waals surface area contributed by atoms with E-state index in [0.717, 1.165) is 0 Å². The topological polar surface area (TPSA) is 39.2 Å². The monoisotopic (exact) mass is 254 g/mol. The Morgan fingerprint density at radius 2 is 1.89 bits per heavy atom. The minimum absolute atomic E-state index is 0.0678. The van der Waals surface area contributed by atoms with E-state index in [-0.39, 0.29) is 11.3 Å². The van der Waals surface area contributed by atoms with Gasteiger partial charge in [-0.25, -0.2) is 9.78 Å². The maximum atomic E-state index is 11.9. The molecule has 3 heteroatoms. The lowest BCUT2D eigenvalue weighted by molar-refractivity contribution is 0.0727. The second-order valence-corrected chi connectivity index (χ2v) is 5.31. The summed E-state index contributed by atoms with van der Waals surface area (Å²) in [4.78, 5) is 15.8. The van der Waals surface area contributed by atoms with Crippen molar-refractivity contribution < 1.29 is 9.53 Å². The van der Waals surface area contributed by atoms with Gasteiger partial charge in [0.15, 0.2) is 0 Å². The van der Waals surface area contributed by atoms with Gasteiger partial charge < -0.3 is 4.74 Å².